The maximum Gasteiger partial charge on any atom is 0.187 e. The molecule has 5 nitrogen and oxygen atoms in total. The Bertz CT molecular complexity index is 1160. The number of hydrogen-bond acceptors (Lipinski definition) is 4. The molecule has 2 unspecified atom stereocenters. The van der Waals surface area contributed by atoms with Crippen LogP contribution in [-0.4, -0.2) is 25.7 Å². The highest BCUT2D eigenvalue weighted by atomic mass is 16.5. The minimum absolute atomic E-state index is 0.316. The van der Waals surface area contributed by atoms with Crippen LogP contribution in [0.2, 0.25) is 0 Å². The number of hydrogen-bond donors (Lipinski definition) is 0. The van der Waals surface area contributed by atoms with E-state index in [0.29, 0.717) is 6.10 Å². The van der Waals surface area contributed by atoms with Gasteiger partial charge in [0.25, 0.3) is 0 Å². The van der Waals surface area contributed by atoms with Crippen LogP contribution in [0.4, 0.5) is 0 Å². The second-order valence-electron chi connectivity index (χ2n) is 8.23. The molecule has 2 aliphatic carbocycles. The van der Waals surface area contributed by atoms with Crippen LogP contribution in [0.1, 0.15) is 32.1 Å². The molecule has 3 aromatic heterocycles. The second kappa shape index (κ2) is 6.30. The zero-order chi connectivity index (χ0) is 18.5. The monoisotopic (exact) mass is 370 g/mol. The molecule has 6 rings (SSSR count). The summed E-state index contributed by atoms with van der Waals surface area (Å²) in [7, 11) is 0. The molecule has 0 N–H and O–H groups in total. The largest absolute Gasteiger partial charge is 0.488 e. The number of rotatable bonds is 3. The molecule has 1 aromatic carbocycles. The van der Waals surface area contributed by atoms with Gasteiger partial charge in [0.05, 0.1) is 6.10 Å². The molecule has 0 spiro atoms. The summed E-state index contributed by atoms with van der Waals surface area (Å²) >= 11 is 0. The van der Waals surface area contributed by atoms with Gasteiger partial charge in [-0.15, -0.1) is 10.2 Å². The van der Waals surface area contributed by atoms with Gasteiger partial charge in [-0.3, -0.25) is 4.40 Å². The first-order chi connectivity index (χ1) is 13.8. The Morgan fingerprint density at radius 1 is 0.857 bits per heavy atom. The SMILES string of the molecule is c1cc(OC2CC3CCC(C3)C2)c2nc(-c3nnc4ccccn34)ccc2c1. The van der Waals surface area contributed by atoms with Crippen molar-refractivity contribution in [2.75, 3.05) is 0 Å². The number of benzene rings is 1. The molecule has 0 aliphatic heterocycles. The fraction of sp³-hybridized carbons (Fsp3) is 0.348. The standard InChI is InChI=1S/C23H22N4O/c1-2-11-27-21(6-1)25-26-23(27)19-10-9-17-4-3-5-20(22(17)24-19)28-18-13-15-7-8-16(12-15)14-18/h1-6,9-11,15-16,18H,7-8,12-14H2. The maximum absolute atomic E-state index is 6.50. The molecule has 0 amide bonds. The third-order valence-corrected chi connectivity index (χ3v) is 6.36. The van der Waals surface area contributed by atoms with Crippen LogP contribution in [0.3, 0.4) is 0 Å². The first kappa shape index (κ1) is 16.0. The van der Waals surface area contributed by atoms with Crippen LogP contribution >= 0.6 is 0 Å². The summed E-state index contributed by atoms with van der Waals surface area (Å²) in [5.41, 5.74) is 2.54. The van der Waals surface area contributed by atoms with Gasteiger partial charge in [0.2, 0.25) is 0 Å². The molecule has 3 heterocycles. The van der Waals surface area contributed by atoms with E-state index >= 15 is 0 Å². The average molecular weight is 370 g/mol. The number of aromatic nitrogens is 4. The first-order valence-electron chi connectivity index (χ1n) is 10.2. The summed E-state index contributed by atoms with van der Waals surface area (Å²) in [4.78, 5) is 4.94. The molecule has 5 heteroatoms. The van der Waals surface area contributed by atoms with Crippen molar-refractivity contribution in [3.05, 3.63) is 54.7 Å². The molecule has 0 saturated heterocycles. The zero-order valence-electron chi connectivity index (χ0n) is 15.7. The zero-order valence-corrected chi connectivity index (χ0v) is 15.7. The quantitative estimate of drug-likeness (QED) is 0.515. The Hall–Kier alpha value is -2.95. The summed E-state index contributed by atoms with van der Waals surface area (Å²) in [5, 5.41) is 9.70. The Labute approximate surface area is 163 Å². The lowest BCUT2D eigenvalue weighted by atomic mass is 9.87. The molecule has 140 valence electrons. The fourth-order valence-corrected chi connectivity index (χ4v) is 5.08. The van der Waals surface area contributed by atoms with Crippen LogP contribution in [0, 0.1) is 11.8 Å². The van der Waals surface area contributed by atoms with Crippen molar-refractivity contribution >= 4 is 16.6 Å². The van der Waals surface area contributed by atoms with Crippen molar-refractivity contribution in [3.8, 4) is 17.3 Å². The van der Waals surface area contributed by atoms with Gasteiger partial charge >= 0.3 is 0 Å². The van der Waals surface area contributed by atoms with Crippen molar-refractivity contribution in [1.29, 1.82) is 0 Å². The van der Waals surface area contributed by atoms with Gasteiger partial charge in [-0.2, -0.15) is 0 Å². The van der Waals surface area contributed by atoms with Gasteiger partial charge in [-0.25, -0.2) is 4.98 Å². The summed E-state index contributed by atoms with van der Waals surface area (Å²) in [6.07, 6.45) is 8.80. The van der Waals surface area contributed by atoms with Gasteiger partial charge < -0.3 is 4.74 Å². The van der Waals surface area contributed by atoms with E-state index in [1.165, 1.54) is 32.1 Å². The number of para-hydroxylation sites is 1. The molecular weight excluding hydrogens is 348 g/mol. The predicted octanol–water partition coefficient (Wildman–Crippen LogP) is 4.90. The Balaban J connectivity index is 1.40. The summed E-state index contributed by atoms with van der Waals surface area (Å²) < 4.78 is 8.47. The van der Waals surface area contributed by atoms with Crippen molar-refractivity contribution < 1.29 is 4.74 Å². The van der Waals surface area contributed by atoms with Crippen molar-refractivity contribution in [3.63, 3.8) is 0 Å². The fourth-order valence-electron chi connectivity index (χ4n) is 5.08. The van der Waals surface area contributed by atoms with E-state index in [0.717, 1.165) is 45.7 Å². The molecule has 2 fully saturated rings. The second-order valence-corrected chi connectivity index (χ2v) is 8.23. The third kappa shape index (κ3) is 2.65. The van der Waals surface area contributed by atoms with Crippen LogP contribution in [0.5, 0.6) is 5.75 Å². The van der Waals surface area contributed by atoms with Crippen molar-refractivity contribution in [1.82, 2.24) is 19.6 Å². The lowest BCUT2D eigenvalue weighted by molar-refractivity contribution is 0.120. The highest BCUT2D eigenvalue weighted by Crippen LogP contribution is 2.43. The summed E-state index contributed by atoms with van der Waals surface area (Å²) in [6, 6.07) is 16.2. The third-order valence-electron chi connectivity index (χ3n) is 6.36. The molecule has 2 saturated carbocycles. The Morgan fingerprint density at radius 2 is 1.75 bits per heavy atom. The van der Waals surface area contributed by atoms with Crippen LogP contribution in [-0.2, 0) is 0 Å². The molecule has 2 atom stereocenters. The molecule has 4 aromatic rings. The summed E-state index contributed by atoms with van der Waals surface area (Å²) in [5.74, 6) is 3.34. The molecule has 28 heavy (non-hydrogen) atoms. The van der Waals surface area contributed by atoms with Crippen LogP contribution in [0.25, 0.3) is 28.1 Å². The van der Waals surface area contributed by atoms with Crippen molar-refractivity contribution in [2.24, 2.45) is 11.8 Å². The average Bonchev–Trinajstić information content (AvgIpc) is 3.31. The van der Waals surface area contributed by atoms with E-state index in [2.05, 4.69) is 34.5 Å². The smallest absolute Gasteiger partial charge is 0.187 e. The van der Waals surface area contributed by atoms with E-state index in [-0.39, 0.29) is 0 Å². The molecule has 2 bridgehead atoms. The predicted molar refractivity (Wildman–Crippen MR) is 108 cm³/mol. The molecular formula is C23H22N4O. The van der Waals surface area contributed by atoms with E-state index in [1.54, 1.807) is 0 Å². The Morgan fingerprint density at radius 3 is 2.64 bits per heavy atom. The highest BCUT2D eigenvalue weighted by Gasteiger charge is 2.35. The van der Waals surface area contributed by atoms with Gasteiger partial charge in [0, 0.05) is 11.6 Å². The van der Waals surface area contributed by atoms with Crippen LogP contribution in [0.15, 0.2) is 54.7 Å². The minimum Gasteiger partial charge on any atom is -0.488 e. The van der Waals surface area contributed by atoms with E-state index < -0.39 is 0 Å². The van der Waals surface area contributed by atoms with E-state index in [1.807, 2.05) is 34.9 Å². The minimum atomic E-state index is 0.316. The maximum atomic E-state index is 6.50. The normalized spacial score (nSPS) is 24.1. The highest BCUT2D eigenvalue weighted by molar-refractivity contribution is 5.86. The van der Waals surface area contributed by atoms with Gasteiger partial charge in [-0.05, 0) is 55.4 Å². The molecule has 0 radical (unpaired) electrons. The van der Waals surface area contributed by atoms with Crippen molar-refractivity contribution in [2.45, 2.75) is 38.2 Å². The van der Waals surface area contributed by atoms with Gasteiger partial charge in [0.1, 0.15) is 17.0 Å². The lowest BCUT2D eigenvalue weighted by Crippen LogP contribution is -2.26. The number of pyridine rings is 2. The van der Waals surface area contributed by atoms with Crippen LogP contribution < -0.4 is 4.74 Å². The van der Waals surface area contributed by atoms with E-state index in [4.69, 9.17) is 9.72 Å². The van der Waals surface area contributed by atoms with E-state index in [9.17, 15) is 0 Å². The molecule has 2 aliphatic rings. The van der Waals surface area contributed by atoms with Gasteiger partial charge in [-0.1, -0.05) is 37.1 Å². The Kier molecular flexibility index (Phi) is 3.61. The number of fused-ring (bicyclic) bond motifs is 4. The number of ether oxygens (including phenoxy) is 1. The lowest BCUT2D eigenvalue weighted by Gasteiger charge is -2.28. The summed E-state index contributed by atoms with van der Waals surface area (Å²) in [6.45, 7) is 0. The van der Waals surface area contributed by atoms with Gasteiger partial charge in [0.15, 0.2) is 11.5 Å². The topological polar surface area (TPSA) is 52.3 Å². The number of nitrogens with zero attached hydrogens (tertiary/aromatic N) is 4. The first-order valence-corrected chi connectivity index (χ1v) is 10.2.